The maximum absolute atomic E-state index is 13.0. The number of aliphatic carboxylic acids is 2. The molecule has 0 radical (unpaired) electrons. The largest absolute Gasteiger partial charge is 0.490 e. The normalized spacial score (nSPS) is 17.9. The zero-order chi connectivity index (χ0) is 29.3. The van der Waals surface area contributed by atoms with Crippen molar-refractivity contribution in [1.29, 1.82) is 0 Å². The number of nitrogens with zero attached hydrogens (tertiary/aromatic N) is 3. The number of thiazole rings is 1. The third-order valence-electron chi connectivity index (χ3n) is 6.48. The molecule has 7 nitrogen and oxygen atoms in total. The summed E-state index contributed by atoms with van der Waals surface area (Å²) in [6.45, 7) is 6.72. The number of aromatic nitrogens is 1. The smallest absolute Gasteiger partial charge is 0.475 e. The number of hydrogen-bond acceptors (Lipinski definition) is 6. The highest BCUT2D eigenvalue weighted by Gasteiger charge is 2.39. The minimum Gasteiger partial charge on any atom is -0.475 e. The van der Waals surface area contributed by atoms with Gasteiger partial charge >= 0.3 is 24.3 Å². The van der Waals surface area contributed by atoms with Gasteiger partial charge in [-0.1, -0.05) is 12.1 Å². The van der Waals surface area contributed by atoms with E-state index in [0.29, 0.717) is 5.41 Å². The lowest BCUT2D eigenvalue weighted by Gasteiger charge is -2.47. The van der Waals surface area contributed by atoms with Crippen molar-refractivity contribution in [1.82, 2.24) is 14.8 Å². The van der Waals surface area contributed by atoms with Gasteiger partial charge in [-0.2, -0.15) is 26.3 Å². The van der Waals surface area contributed by atoms with Crippen LogP contribution in [0.4, 0.5) is 30.7 Å². The van der Waals surface area contributed by atoms with Crippen molar-refractivity contribution in [2.24, 2.45) is 5.41 Å². The molecule has 2 fully saturated rings. The van der Waals surface area contributed by atoms with Crippen LogP contribution in [0, 0.1) is 11.2 Å². The third-order valence-corrected chi connectivity index (χ3v) is 7.24. The van der Waals surface area contributed by atoms with E-state index in [-0.39, 0.29) is 5.82 Å². The van der Waals surface area contributed by atoms with Gasteiger partial charge in [0.1, 0.15) is 10.8 Å². The molecule has 1 spiro atoms. The number of benzene rings is 1. The number of halogens is 7. The molecule has 1 aromatic heterocycles. The van der Waals surface area contributed by atoms with E-state index in [1.807, 2.05) is 18.3 Å². The summed E-state index contributed by atoms with van der Waals surface area (Å²) in [5.74, 6) is -5.66. The van der Waals surface area contributed by atoms with Gasteiger partial charge in [0, 0.05) is 18.1 Å². The summed E-state index contributed by atoms with van der Waals surface area (Å²) in [6, 6.07) is 6.96. The number of carboxylic acids is 2. The number of alkyl halides is 6. The predicted molar refractivity (Wildman–Crippen MR) is 127 cm³/mol. The summed E-state index contributed by atoms with van der Waals surface area (Å²) in [6.07, 6.45) is -3.01. The van der Waals surface area contributed by atoms with E-state index >= 15 is 0 Å². The average Bonchev–Trinajstić information content (AvgIpc) is 3.36. The molecule has 2 N–H and O–H groups in total. The van der Waals surface area contributed by atoms with Gasteiger partial charge in [0.15, 0.2) is 0 Å². The van der Waals surface area contributed by atoms with Crippen molar-refractivity contribution in [3.63, 3.8) is 0 Å². The van der Waals surface area contributed by atoms with Crippen LogP contribution < -0.4 is 0 Å². The van der Waals surface area contributed by atoms with E-state index in [1.165, 1.54) is 62.4 Å². The molecule has 2 aliphatic rings. The second-order valence-electron chi connectivity index (χ2n) is 9.21. The van der Waals surface area contributed by atoms with Crippen LogP contribution in [0.5, 0.6) is 0 Å². The molecule has 2 saturated heterocycles. The molecule has 4 rings (SSSR count). The molecule has 2 aromatic rings. The van der Waals surface area contributed by atoms with Gasteiger partial charge in [-0.05, 0) is 75.0 Å². The minimum absolute atomic E-state index is 0.147. The zero-order valence-electron chi connectivity index (χ0n) is 20.6. The second-order valence-corrected chi connectivity index (χ2v) is 10.2. The predicted octanol–water partition coefficient (Wildman–Crippen LogP) is 5.43. The number of likely N-dealkylation sites (tertiary alicyclic amines) is 2. The first-order chi connectivity index (χ1) is 18.1. The molecular formula is C24H28F7N3O4S. The Balaban J connectivity index is 0.000000317. The maximum Gasteiger partial charge on any atom is 0.490 e. The third kappa shape index (κ3) is 11.5. The quantitative estimate of drug-likeness (QED) is 0.461. The number of rotatable bonds is 4. The molecule has 3 heterocycles. The van der Waals surface area contributed by atoms with E-state index in [0.717, 1.165) is 13.1 Å². The first-order valence-corrected chi connectivity index (χ1v) is 12.7. The lowest BCUT2D eigenvalue weighted by Crippen LogP contribution is -2.46. The van der Waals surface area contributed by atoms with Crippen LogP contribution in [-0.4, -0.2) is 75.5 Å². The van der Waals surface area contributed by atoms with Crippen LogP contribution in [-0.2, 0) is 22.7 Å². The lowest BCUT2D eigenvalue weighted by atomic mass is 9.71. The molecule has 2 aliphatic heterocycles. The van der Waals surface area contributed by atoms with Crippen molar-refractivity contribution in [2.45, 2.75) is 51.1 Å². The fourth-order valence-electron chi connectivity index (χ4n) is 4.24. The summed E-state index contributed by atoms with van der Waals surface area (Å²) in [5.41, 5.74) is 1.77. The average molecular weight is 588 g/mol. The van der Waals surface area contributed by atoms with Crippen LogP contribution in [0.25, 0.3) is 0 Å². The van der Waals surface area contributed by atoms with Gasteiger partial charge in [-0.3, -0.25) is 9.80 Å². The summed E-state index contributed by atoms with van der Waals surface area (Å²) >= 11 is 1.76. The first kappa shape index (κ1) is 32.4. The number of carbonyl (C=O) groups is 2. The Morgan fingerprint density at radius 3 is 1.59 bits per heavy atom. The molecule has 0 aliphatic carbocycles. The Kier molecular flexibility index (Phi) is 11.7. The van der Waals surface area contributed by atoms with Crippen LogP contribution in [0.1, 0.15) is 36.3 Å². The van der Waals surface area contributed by atoms with Gasteiger partial charge in [0.05, 0.1) is 6.54 Å². The molecule has 218 valence electrons. The second kappa shape index (κ2) is 14.0. The maximum atomic E-state index is 13.0. The summed E-state index contributed by atoms with van der Waals surface area (Å²) in [5, 5.41) is 17.6. The van der Waals surface area contributed by atoms with E-state index in [4.69, 9.17) is 19.8 Å². The zero-order valence-corrected chi connectivity index (χ0v) is 21.5. The highest BCUT2D eigenvalue weighted by atomic mass is 32.1. The van der Waals surface area contributed by atoms with Crippen molar-refractivity contribution in [2.75, 3.05) is 26.2 Å². The molecular weight excluding hydrogens is 559 g/mol. The molecule has 15 heteroatoms. The monoisotopic (exact) mass is 587 g/mol. The van der Waals surface area contributed by atoms with Crippen LogP contribution in [0.3, 0.4) is 0 Å². The molecule has 0 saturated carbocycles. The number of hydrogen-bond donors (Lipinski definition) is 2. The minimum atomic E-state index is -5.08. The Hall–Kier alpha value is -2.78. The van der Waals surface area contributed by atoms with Gasteiger partial charge in [-0.25, -0.2) is 19.0 Å². The van der Waals surface area contributed by atoms with E-state index in [1.54, 1.807) is 23.5 Å². The standard InChI is InChI=1S/C20H26FN3S.2C2HF3O2/c21-18-3-1-17(2-4-18)15-23-10-5-20(6-11-23)7-12-24(13-8-20)16-19-22-9-14-25-19;2*3-2(4,5)1(6)7/h1-4,9,14H,5-8,10-13,15-16H2;2*(H,6,7). The topological polar surface area (TPSA) is 94.0 Å². The van der Waals surface area contributed by atoms with Crippen LogP contribution in [0.2, 0.25) is 0 Å². The van der Waals surface area contributed by atoms with Crippen molar-refractivity contribution >= 4 is 23.3 Å². The highest BCUT2D eigenvalue weighted by Crippen LogP contribution is 2.41. The molecule has 0 amide bonds. The summed E-state index contributed by atoms with van der Waals surface area (Å²) in [7, 11) is 0. The molecule has 0 bridgehead atoms. The first-order valence-electron chi connectivity index (χ1n) is 11.8. The Morgan fingerprint density at radius 2 is 1.23 bits per heavy atom. The van der Waals surface area contributed by atoms with Gasteiger partial charge < -0.3 is 10.2 Å². The van der Waals surface area contributed by atoms with Gasteiger partial charge in [0.2, 0.25) is 0 Å². The van der Waals surface area contributed by atoms with Crippen LogP contribution in [0.15, 0.2) is 35.8 Å². The summed E-state index contributed by atoms with van der Waals surface area (Å²) in [4.78, 5) is 27.3. The van der Waals surface area contributed by atoms with Crippen molar-refractivity contribution < 1.29 is 50.5 Å². The van der Waals surface area contributed by atoms with Gasteiger partial charge in [0.25, 0.3) is 0 Å². The Bertz CT molecular complexity index is 1010. The highest BCUT2D eigenvalue weighted by molar-refractivity contribution is 7.09. The van der Waals surface area contributed by atoms with Crippen LogP contribution >= 0.6 is 11.3 Å². The SMILES string of the molecule is Fc1ccc(CN2CCC3(CC2)CCN(Cc2nccs2)CC3)cc1.O=C(O)C(F)(F)F.O=C(O)C(F)(F)F. The fourth-order valence-corrected chi connectivity index (χ4v) is 4.90. The fraction of sp³-hybridized carbons (Fsp3) is 0.542. The molecule has 39 heavy (non-hydrogen) atoms. The lowest BCUT2D eigenvalue weighted by molar-refractivity contribution is -0.193. The van der Waals surface area contributed by atoms with E-state index < -0.39 is 24.3 Å². The van der Waals surface area contributed by atoms with E-state index in [2.05, 4.69) is 20.2 Å². The molecule has 0 unspecified atom stereocenters. The Labute approximate surface area is 223 Å². The molecule has 0 atom stereocenters. The van der Waals surface area contributed by atoms with Crippen molar-refractivity contribution in [3.8, 4) is 0 Å². The number of piperidine rings is 2. The Morgan fingerprint density at radius 1 is 0.821 bits per heavy atom. The number of carboxylic acid groups (broad SMARTS) is 2. The van der Waals surface area contributed by atoms with Crippen molar-refractivity contribution in [3.05, 3.63) is 52.2 Å². The van der Waals surface area contributed by atoms with E-state index in [9.17, 15) is 30.7 Å². The molecule has 1 aromatic carbocycles. The summed E-state index contributed by atoms with van der Waals surface area (Å²) < 4.78 is 76.5. The van der Waals surface area contributed by atoms with Gasteiger partial charge in [-0.15, -0.1) is 11.3 Å².